The Balaban J connectivity index is 0.789. The summed E-state index contributed by atoms with van der Waals surface area (Å²) in [5.41, 5.74) is 31.2. The Morgan fingerprint density at radius 3 is 1.20 bits per heavy atom. The molecule has 1 aliphatic carbocycles. The second-order valence-corrected chi connectivity index (χ2v) is 30.2. The van der Waals surface area contributed by atoms with Gasteiger partial charge in [0.2, 0.25) is 0 Å². The molecule has 24 rings (SSSR count). The van der Waals surface area contributed by atoms with E-state index >= 15 is 0 Å². The monoisotopic (exact) mass is 1390 g/mol. The largest absolute Gasteiger partial charge is 0.456 e. The van der Waals surface area contributed by atoms with Crippen LogP contribution in [-0.2, 0) is 5.41 Å². The van der Waals surface area contributed by atoms with Crippen LogP contribution < -0.4 is 0 Å². The molecule has 0 saturated carbocycles. The summed E-state index contributed by atoms with van der Waals surface area (Å²) >= 11 is 0. The maximum absolute atomic E-state index is 6.39. The molecule has 7 nitrogen and oxygen atoms in total. The number of benzene rings is 16. The van der Waals surface area contributed by atoms with E-state index in [1.54, 1.807) is 0 Å². The standard InChI is InChI=1S/C102H64N6O/c1-102(2)84-31-15-9-25-70(84)78-59-82-74-29-13-19-35-90(74)108(97(82)60-85(78)102)94-49-50-103-86-57-69(58-98(101(86)94)107-89-34-18-12-28-73(89)81-51-61(41-47-93(81)107)64-42-48-100-83(54-64)77-30-14-20-36-99(77)109-100)106-95-55-65(62-39-45-91-79(52-62)71-26-10-16-32-87(71)104(91)67-21-5-3-6-22-67)37-43-75(95)76-44-38-66(56-96(76)106)63-40-46-92-80(53-63)72-27-11-17-33-88(72)105(92)68-23-7-4-8-24-68/h3-60H,1-2H3. The van der Waals surface area contributed by atoms with Crippen molar-refractivity contribution in [3.63, 3.8) is 0 Å². The van der Waals surface area contributed by atoms with Crippen molar-refractivity contribution in [3.8, 4) is 72.9 Å². The van der Waals surface area contributed by atoms with E-state index in [0.29, 0.717) is 0 Å². The normalized spacial score (nSPS) is 12.9. The van der Waals surface area contributed by atoms with Gasteiger partial charge in [-0.2, -0.15) is 0 Å². The molecule has 0 bridgehead atoms. The lowest BCUT2D eigenvalue weighted by Crippen LogP contribution is -2.15. The minimum absolute atomic E-state index is 0.227. The van der Waals surface area contributed by atoms with Gasteiger partial charge < -0.3 is 27.3 Å². The molecule has 0 unspecified atom stereocenters. The Morgan fingerprint density at radius 1 is 0.239 bits per heavy atom. The first-order valence-electron chi connectivity index (χ1n) is 37.6. The molecular weight excluding hydrogens is 1330 g/mol. The molecule has 0 radical (unpaired) electrons. The van der Waals surface area contributed by atoms with Gasteiger partial charge >= 0.3 is 0 Å². The van der Waals surface area contributed by atoms with Crippen LogP contribution in [0.4, 0.5) is 0 Å². The van der Waals surface area contributed by atoms with Crippen LogP contribution in [0.3, 0.4) is 0 Å². The summed E-state index contributed by atoms with van der Waals surface area (Å²) in [4.78, 5) is 5.61. The first-order chi connectivity index (χ1) is 53.8. The number of furan rings is 1. The molecule has 0 saturated heterocycles. The molecule has 0 fully saturated rings. The third-order valence-electron chi connectivity index (χ3n) is 24.1. The Labute approximate surface area is 625 Å². The molecule has 23 aromatic rings. The van der Waals surface area contributed by atoms with Crippen molar-refractivity contribution in [3.05, 3.63) is 363 Å². The highest BCUT2D eigenvalue weighted by atomic mass is 16.3. The maximum Gasteiger partial charge on any atom is 0.135 e. The van der Waals surface area contributed by atoms with E-state index in [4.69, 9.17) is 9.40 Å². The minimum atomic E-state index is -0.227. The maximum atomic E-state index is 6.39. The van der Waals surface area contributed by atoms with Crippen LogP contribution >= 0.6 is 0 Å². The summed E-state index contributed by atoms with van der Waals surface area (Å²) < 4.78 is 18.8. The number of pyridine rings is 1. The third kappa shape index (κ3) is 8.55. The van der Waals surface area contributed by atoms with Crippen molar-refractivity contribution in [2.75, 3.05) is 0 Å². The van der Waals surface area contributed by atoms with E-state index in [1.807, 2.05) is 12.3 Å². The van der Waals surface area contributed by atoms with Crippen LogP contribution in [0.5, 0.6) is 0 Å². The van der Waals surface area contributed by atoms with Crippen molar-refractivity contribution in [1.82, 2.24) is 27.8 Å². The van der Waals surface area contributed by atoms with Gasteiger partial charge in [0.15, 0.2) is 0 Å². The van der Waals surface area contributed by atoms with Crippen LogP contribution in [0.1, 0.15) is 25.0 Å². The van der Waals surface area contributed by atoms with Gasteiger partial charge in [-0.1, -0.05) is 214 Å². The summed E-state index contributed by atoms with van der Waals surface area (Å²) in [6.45, 7) is 4.78. The number of hydrogen-bond acceptors (Lipinski definition) is 2. The number of nitrogens with zero attached hydrogens (tertiary/aromatic N) is 6. The van der Waals surface area contributed by atoms with Gasteiger partial charge in [-0.3, -0.25) is 4.98 Å². The average molecular weight is 1390 g/mol. The van der Waals surface area contributed by atoms with Crippen LogP contribution in [0.25, 0.3) is 215 Å². The predicted molar refractivity (Wildman–Crippen MR) is 455 cm³/mol. The molecule has 0 atom stereocenters. The van der Waals surface area contributed by atoms with E-state index in [2.05, 4.69) is 376 Å². The van der Waals surface area contributed by atoms with E-state index in [-0.39, 0.29) is 5.41 Å². The van der Waals surface area contributed by atoms with Gasteiger partial charge in [-0.05, 0) is 201 Å². The van der Waals surface area contributed by atoms with Crippen LogP contribution in [0.15, 0.2) is 356 Å². The van der Waals surface area contributed by atoms with Gasteiger partial charge in [0.05, 0.1) is 77.7 Å². The predicted octanol–water partition coefficient (Wildman–Crippen LogP) is 26.9. The lowest BCUT2D eigenvalue weighted by molar-refractivity contribution is 0.661. The Morgan fingerprint density at radius 2 is 0.633 bits per heavy atom. The molecule has 508 valence electrons. The number of rotatable bonds is 8. The summed E-state index contributed by atoms with van der Waals surface area (Å²) in [5.74, 6) is 0. The van der Waals surface area contributed by atoms with Crippen molar-refractivity contribution < 1.29 is 4.42 Å². The van der Waals surface area contributed by atoms with Crippen LogP contribution in [0, 0.1) is 0 Å². The molecule has 0 amide bonds. The topological polar surface area (TPSA) is 50.7 Å². The highest BCUT2D eigenvalue weighted by Crippen LogP contribution is 2.53. The van der Waals surface area contributed by atoms with Crippen molar-refractivity contribution >= 4 is 142 Å². The van der Waals surface area contributed by atoms with Gasteiger partial charge in [-0.25, -0.2) is 0 Å². The Hall–Kier alpha value is -14.3. The molecule has 7 aromatic heterocycles. The zero-order valence-corrected chi connectivity index (χ0v) is 59.6. The molecule has 0 aliphatic heterocycles. The first-order valence-corrected chi connectivity index (χ1v) is 37.6. The molecule has 7 heteroatoms. The number of para-hydroxylation sites is 7. The van der Waals surface area contributed by atoms with E-state index in [0.717, 1.165) is 149 Å². The quantitative estimate of drug-likeness (QED) is 0.152. The zero-order chi connectivity index (χ0) is 71.5. The van der Waals surface area contributed by atoms with Gasteiger partial charge in [0.1, 0.15) is 11.2 Å². The highest BCUT2D eigenvalue weighted by Gasteiger charge is 2.37. The molecule has 0 spiro atoms. The van der Waals surface area contributed by atoms with Crippen molar-refractivity contribution in [2.24, 2.45) is 0 Å². The third-order valence-corrected chi connectivity index (χ3v) is 24.1. The summed E-state index contributed by atoms with van der Waals surface area (Å²) in [7, 11) is 0. The fraction of sp³-hybridized carbons (Fsp3) is 0.0294. The Bertz CT molecular complexity index is 7670. The molecule has 1 aliphatic rings. The Kier molecular flexibility index (Phi) is 12.3. The van der Waals surface area contributed by atoms with E-state index in [9.17, 15) is 0 Å². The fourth-order valence-corrected chi connectivity index (χ4v) is 19.1. The first kappa shape index (κ1) is 60.0. The van der Waals surface area contributed by atoms with Gasteiger partial charge in [0.25, 0.3) is 0 Å². The van der Waals surface area contributed by atoms with Gasteiger partial charge in [-0.15, -0.1) is 0 Å². The lowest BCUT2D eigenvalue weighted by atomic mass is 9.82. The zero-order valence-electron chi connectivity index (χ0n) is 59.6. The fourth-order valence-electron chi connectivity index (χ4n) is 19.1. The SMILES string of the molecule is CC1(C)c2ccccc2-c2cc3c4ccccc4n(-c4ccnc5cc(-n6c7cc(-c8ccc9c(c8)c8ccccc8n9-c8ccccc8)ccc7c7ccc(-c8ccc9c(c8)c8ccccc8n9-c8ccccc8)cc76)cc(-n6c7ccccc7c7cc(-c8ccc9oc%10ccccc%10c9c8)ccc76)c45)c3cc21. The van der Waals surface area contributed by atoms with Crippen molar-refractivity contribution in [1.29, 1.82) is 0 Å². The highest BCUT2D eigenvalue weighted by molar-refractivity contribution is 6.19. The molecule has 109 heavy (non-hydrogen) atoms. The van der Waals surface area contributed by atoms with E-state index < -0.39 is 0 Å². The van der Waals surface area contributed by atoms with Crippen molar-refractivity contribution in [2.45, 2.75) is 19.3 Å². The number of aromatic nitrogens is 6. The number of fused-ring (bicyclic) bond motifs is 22. The summed E-state index contributed by atoms with van der Waals surface area (Å²) in [5, 5.41) is 15.2. The van der Waals surface area contributed by atoms with Gasteiger partial charge in [0, 0.05) is 93.0 Å². The second-order valence-electron chi connectivity index (χ2n) is 30.2. The molecule has 7 heterocycles. The molecule has 16 aromatic carbocycles. The summed E-state index contributed by atoms with van der Waals surface area (Å²) in [6, 6.07) is 129. The molecular formula is C102H64N6O. The van der Waals surface area contributed by atoms with Crippen LogP contribution in [-0.4, -0.2) is 27.8 Å². The van der Waals surface area contributed by atoms with Crippen LogP contribution in [0.2, 0.25) is 0 Å². The smallest absolute Gasteiger partial charge is 0.135 e. The average Bonchev–Trinajstić information content (AvgIpc) is 1.57. The lowest BCUT2D eigenvalue weighted by Gasteiger charge is -2.22. The summed E-state index contributed by atoms with van der Waals surface area (Å²) in [6.07, 6.45) is 2.04. The molecule has 0 N–H and O–H groups in total. The number of hydrogen-bond donors (Lipinski definition) is 0. The van der Waals surface area contributed by atoms with E-state index in [1.165, 1.54) is 76.6 Å². The second kappa shape index (κ2) is 22.4. The minimum Gasteiger partial charge on any atom is -0.456 e.